The van der Waals surface area contributed by atoms with Crippen LogP contribution in [0.4, 0.5) is 4.39 Å². The van der Waals surface area contributed by atoms with Gasteiger partial charge in [-0.15, -0.1) is 0 Å². The van der Waals surface area contributed by atoms with Gasteiger partial charge < -0.3 is 5.32 Å². The standard InChI is InChI=1S/C12H16FNO/c1-8(2)9(3)14-12(15)10-6-4-5-7-11(10)13/h4-9H,1-3H3,(H,14,15)/t9-/m1/s1. The van der Waals surface area contributed by atoms with Crippen LogP contribution in [0.2, 0.25) is 0 Å². The number of carbonyl (C=O) groups excluding carboxylic acids is 1. The molecule has 1 aromatic rings. The summed E-state index contributed by atoms with van der Waals surface area (Å²) in [7, 11) is 0. The maximum Gasteiger partial charge on any atom is 0.254 e. The predicted octanol–water partition coefficient (Wildman–Crippen LogP) is 2.60. The van der Waals surface area contributed by atoms with Crippen LogP contribution < -0.4 is 5.32 Å². The summed E-state index contributed by atoms with van der Waals surface area (Å²) in [4.78, 5) is 11.6. The van der Waals surface area contributed by atoms with Gasteiger partial charge in [-0.1, -0.05) is 26.0 Å². The molecule has 1 amide bonds. The minimum Gasteiger partial charge on any atom is -0.349 e. The molecule has 82 valence electrons. The largest absolute Gasteiger partial charge is 0.349 e. The fraction of sp³-hybridized carbons (Fsp3) is 0.417. The maximum absolute atomic E-state index is 13.2. The first kappa shape index (κ1) is 11.7. The van der Waals surface area contributed by atoms with Crippen molar-refractivity contribution < 1.29 is 9.18 Å². The predicted molar refractivity (Wildman–Crippen MR) is 58.2 cm³/mol. The zero-order valence-corrected chi connectivity index (χ0v) is 9.25. The molecule has 0 aliphatic rings. The van der Waals surface area contributed by atoms with E-state index in [0.29, 0.717) is 5.92 Å². The van der Waals surface area contributed by atoms with Gasteiger partial charge in [-0.05, 0) is 25.0 Å². The van der Waals surface area contributed by atoms with Gasteiger partial charge in [0.1, 0.15) is 5.82 Å². The van der Waals surface area contributed by atoms with Crippen molar-refractivity contribution in [1.82, 2.24) is 5.32 Å². The lowest BCUT2D eigenvalue weighted by Gasteiger charge is -2.17. The summed E-state index contributed by atoms with van der Waals surface area (Å²) in [6, 6.07) is 6.03. The molecule has 0 aromatic heterocycles. The quantitative estimate of drug-likeness (QED) is 0.814. The molecule has 0 saturated heterocycles. The smallest absolute Gasteiger partial charge is 0.254 e. The average Bonchev–Trinajstić information content (AvgIpc) is 2.18. The van der Waals surface area contributed by atoms with Crippen molar-refractivity contribution in [3.63, 3.8) is 0 Å². The Hall–Kier alpha value is -1.38. The monoisotopic (exact) mass is 209 g/mol. The highest BCUT2D eigenvalue weighted by molar-refractivity contribution is 5.94. The third kappa shape index (κ3) is 3.05. The van der Waals surface area contributed by atoms with Crippen molar-refractivity contribution in [2.24, 2.45) is 5.92 Å². The summed E-state index contributed by atoms with van der Waals surface area (Å²) in [5, 5.41) is 2.76. The van der Waals surface area contributed by atoms with Crippen LogP contribution in [0.5, 0.6) is 0 Å². The van der Waals surface area contributed by atoms with Gasteiger partial charge in [0.25, 0.3) is 5.91 Å². The lowest BCUT2D eigenvalue weighted by molar-refractivity contribution is 0.0926. The zero-order valence-electron chi connectivity index (χ0n) is 9.25. The first-order chi connectivity index (χ1) is 7.02. The van der Waals surface area contributed by atoms with Crippen LogP contribution in [0, 0.1) is 11.7 Å². The van der Waals surface area contributed by atoms with Gasteiger partial charge in [0.15, 0.2) is 0 Å². The Morgan fingerprint density at radius 1 is 1.27 bits per heavy atom. The summed E-state index contributed by atoms with van der Waals surface area (Å²) in [5.74, 6) is -0.499. The fourth-order valence-corrected chi connectivity index (χ4v) is 1.10. The zero-order chi connectivity index (χ0) is 11.4. The highest BCUT2D eigenvalue weighted by Gasteiger charge is 2.14. The minimum absolute atomic E-state index is 0.0390. The van der Waals surface area contributed by atoms with E-state index in [4.69, 9.17) is 0 Å². The Balaban J connectivity index is 2.74. The van der Waals surface area contributed by atoms with Crippen LogP contribution in [0.3, 0.4) is 0 Å². The molecule has 0 bridgehead atoms. The molecule has 15 heavy (non-hydrogen) atoms. The number of hydrogen-bond donors (Lipinski definition) is 1. The van der Waals surface area contributed by atoms with Crippen LogP contribution >= 0.6 is 0 Å². The highest BCUT2D eigenvalue weighted by Crippen LogP contribution is 2.07. The van der Waals surface area contributed by atoms with Crippen LogP contribution in [0.25, 0.3) is 0 Å². The van der Waals surface area contributed by atoms with Crippen molar-refractivity contribution in [2.45, 2.75) is 26.8 Å². The molecule has 0 saturated carbocycles. The normalized spacial score (nSPS) is 12.6. The second kappa shape index (κ2) is 4.91. The number of benzene rings is 1. The van der Waals surface area contributed by atoms with Crippen molar-refractivity contribution in [3.8, 4) is 0 Å². The molecule has 2 nitrogen and oxygen atoms in total. The lowest BCUT2D eigenvalue weighted by Crippen LogP contribution is -2.36. The Kier molecular flexibility index (Phi) is 3.83. The molecule has 0 radical (unpaired) electrons. The van der Waals surface area contributed by atoms with E-state index in [0.717, 1.165) is 0 Å². The van der Waals surface area contributed by atoms with E-state index in [1.807, 2.05) is 20.8 Å². The molecular formula is C12H16FNO. The van der Waals surface area contributed by atoms with Gasteiger partial charge in [0.05, 0.1) is 5.56 Å². The number of carbonyl (C=O) groups is 1. The van der Waals surface area contributed by atoms with Gasteiger partial charge in [-0.2, -0.15) is 0 Å². The second-order valence-electron chi connectivity index (χ2n) is 3.99. The van der Waals surface area contributed by atoms with Crippen LogP contribution in [0.1, 0.15) is 31.1 Å². The van der Waals surface area contributed by atoms with Crippen molar-refractivity contribution in [3.05, 3.63) is 35.6 Å². The van der Waals surface area contributed by atoms with E-state index >= 15 is 0 Å². The summed E-state index contributed by atoms with van der Waals surface area (Å²) in [6.45, 7) is 5.92. The lowest BCUT2D eigenvalue weighted by atomic mass is 10.1. The summed E-state index contributed by atoms with van der Waals surface area (Å²) in [5.41, 5.74) is 0.102. The maximum atomic E-state index is 13.2. The number of halogens is 1. The average molecular weight is 209 g/mol. The molecule has 0 heterocycles. The summed E-state index contributed by atoms with van der Waals surface area (Å²) >= 11 is 0. The Bertz CT molecular complexity index is 349. The van der Waals surface area contributed by atoms with Crippen LogP contribution in [-0.2, 0) is 0 Å². The van der Waals surface area contributed by atoms with Crippen molar-refractivity contribution in [1.29, 1.82) is 0 Å². The molecule has 0 fully saturated rings. The fourth-order valence-electron chi connectivity index (χ4n) is 1.10. The van der Waals surface area contributed by atoms with E-state index in [1.165, 1.54) is 12.1 Å². The molecule has 1 N–H and O–H groups in total. The molecule has 1 rings (SSSR count). The van der Waals surface area contributed by atoms with E-state index in [9.17, 15) is 9.18 Å². The summed E-state index contributed by atoms with van der Waals surface area (Å²) in [6.07, 6.45) is 0. The van der Waals surface area contributed by atoms with Crippen LogP contribution in [0.15, 0.2) is 24.3 Å². The molecule has 1 aromatic carbocycles. The van der Waals surface area contributed by atoms with Crippen LogP contribution in [-0.4, -0.2) is 11.9 Å². The van der Waals surface area contributed by atoms with Gasteiger partial charge >= 0.3 is 0 Å². The van der Waals surface area contributed by atoms with Crippen molar-refractivity contribution >= 4 is 5.91 Å². The minimum atomic E-state index is -0.481. The first-order valence-electron chi connectivity index (χ1n) is 5.07. The molecule has 0 spiro atoms. The summed E-state index contributed by atoms with van der Waals surface area (Å²) < 4.78 is 13.2. The van der Waals surface area contributed by atoms with E-state index in [-0.39, 0.29) is 17.5 Å². The molecule has 0 aliphatic heterocycles. The molecule has 0 unspecified atom stereocenters. The molecule has 3 heteroatoms. The van der Waals surface area contributed by atoms with Gasteiger partial charge in [0.2, 0.25) is 0 Å². The van der Waals surface area contributed by atoms with Gasteiger partial charge in [-0.25, -0.2) is 4.39 Å². The third-order valence-electron chi connectivity index (χ3n) is 2.48. The highest BCUT2D eigenvalue weighted by atomic mass is 19.1. The van der Waals surface area contributed by atoms with Crippen molar-refractivity contribution in [2.75, 3.05) is 0 Å². The topological polar surface area (TPSA) is 29.1 Å². The molecule has 0 aliphatic carbocycles. The van der Waals surface area contributed by atoms with E-state index < -0.39 is 5.82 Å². The third-order valence-corrected chi connectivity index (χ3v) is 2.48. The first-order valence-corrected chi connectivity index (χ1v) is 5.07. The molecule has 1 atom stereocenters. The van der Waals surface area contributed by atoms with E-state index in [1.54, 1.807) is 12.1 Å². The Morgan fingerprint density at radius 2 is 1.87 bits per heavy atom. The number of nitrogens with one attached hydrogen (secondary N) is 1. The van der Waals surface area contributed by atoms with E-state index in [2.05, 4.69) is 5.32 Å². The molecular weight excluding hydrogens is 193 g/mol. The Morgan fingerprint density at radius 3 is 2.40 bits per heavy atom. The number of amides is 1. The SMILES string of the molecule is CC(C)[C@@H](C)NC(=O)c1ccccc1F. The Labute approximate surface area is 89.5 Å². The second-order valence-corrected chi connectivity index (χ2v) is 3.99. The van der Waals surface area contributed by atoms with Gasteiger partial charge in [-0.3, -0.25) is 4.79 Å². The number of hydrogen-bond acceptors (Lipinski definition) is 1. The van der Waals surface area contributed by atoms with Gasteiger partial charge in [0, 0.05) is 6.04 Å². The number of rotatable bonds is 3.